The molecule has 0 radical (unpaired) electrons. The third-order valence-corrected chi connectivity index (χ3v) is 1.80. The van der Waals surface area contributed by atoms with E-state index in [1.54, 1.807) is 6.92 Å². The molecule has 2 atom stereocenters. The first-order valence-corrected chi connectivity index (χ1v) is 4.39. The Balaban J connectivity index is 2.20. The lowest BCUT2D eigenvalue weighted by Gasteiger charge is -2.10. The number of nitrogens with two attached hydrogens (primary N) is 1. The number of hydrogen-bond donors (Lipinski definition) is 1. The first kappa shape index (κ1) is 10.8. The van der Waals surface area contributed by atoms with Crippen LogP contribution in [0.5, 0.6) is 0 Å². The van der Waals surface area contributed by atoms with Crippen LogP contribution in [0, 0.1) is 0 Å². The van der Waals surface area contributed by atoms with E-state index in [0.717, 1.165) is 0 Å². The average Bonchev–Trinajstić information content (AvgIpc) is 2.59. The van der Waals surface area contributed by atoms with Gasteiger partial charge in [-0.1, -0.05) is 6.92 Å². The Bertz CT molecular complexity index is 230. The molecule has 6 nitrogen and oxygen atoms in total. The van der Waals surface area contributed by atoms with E-state index in [1.165, 1.54) is 0 Å². The fraction of sp³-hybridized carbons (Fsp3) is 0.750. The van der Waals surface area contributed by atoms with Crippen molar-refractivity contribution >= 4 is 12.1 Å². The maximum absolute atomic E-state index is 11.1. The van der Waals surface area contributed by atoms with Crippen LogP contribution in [0.1, 0.15) is 13.3 Å². The summed E-state index contributed by atoms with van der Waals surface area (Å²) in [6, 6.07) is -0.618. The van der Waals surface area contributed by atoms with Crippen LogP contribution in [0.2, 0.25) is 0 Å². The molecule has 1 aliphatic heterocycles. The molecule has 1 aliphatic rings. The molecule has 14 heavy (non-hydrogen) atoms. The van der Waals surface area contributed by atoms with E-state index in [0.29, 0.717) is 6.42 Å². The third kappa shape index (κ3) is 2.88. The van der Waals surface area contributed by atoms with E-state index in [9.17, 15) is 9.59 Å². The lowest BCUT2D eigenvalue weighted by molar-refractivity contribution is -0.147. The monoisotopic (exact) mass is 203 g/mol. The van der Waals surface area contributed by atoms with Gasteiger partial charge >= 0.3 is 12.1 Å². The van der Waals surface area contributed by atoms with Crippen molar-refractivity contribution in [2.24, 2.45) is 5.73 Å². The maximum atomic E-state index is 11.1. The summed E-state index contributed by atoms with van der Waals surface area (Å²) >= 11 is 0. The number of esters is 1. The van der Waals surface area contributed by atoms with Gasteiger partial charge in [0.25, 0.3) is 0 Å². The van der Waals surface area contributed by atoms with Crippen molar-refractivity contribution in [2.45, 2.75) is 25.5 Å². The zero-order valence-electron chi connectivity index (χ0n) is 7.89. The van der Waals surface area contributed by atoms with Crippen molar-refractivity contribution in [3.63, 3.8) is 0 Å². The second-order valence-corrected chi connectivity index (χ2v) is 2.95. The first-order valence-electron chi connectivity index (χ1n) is 4.39. The van der Waals surface area contributed by atoms with Gasteiger partial charge in [-0.2, -0.15) is 0 Å². The number of rotatable bonds is 4. The highest BCUT2D eigenvalue weighted by atomic mass is 16.8. The Labute approximate surface area is 81.3 Å². The third-order valence-electron chi connectivity index (χ3n) is 1.80. The maximum Gasteiger partial charge on any atom is 0.508 e. The van der Waals surface area contributed by atoms with Crippen LogP contribution in [0.4, 0.5) is 4.79 Å². The molecule has 0 aliphatic carbocycles. The van der Waals surface area contributed by atoms with Crippen LogP contribution in [0.3, 0.4) is 0 Å². The van der Waals surface area contributed by atoms with Crippen molar-refractivity contribution in [1.82, 2.24) is 0 Å². The van der Waals surface area contributed by atoms with E-state index in [4.69, 9.17) is 10.5 Å². The number of carbonyl (C=O) groups is 2. The standard InChI is InChI=1S/C8H13NO5/c1-2-6(9)7(10)12-3-5-4-13-8(11)14-5/h5-6H,2-4,9H2,1H3. The summed E-state index contributed by atoms with van der Waals surface area (Å²) < 4.78 is 14.0. The van der Waals surface area contributed by atoms with Gasteiger partial charge in [0.2, 0.25) is 0 Å². The van der Waals surface area contributed by atoms with Gasteiger partial charge in [0.15, 0.2) is 6.10 Å². The average molecular weight is 203 g/mol. The van der Waals surface area contributed by atoms with Gasteiger partial charge in [-0.15, -0.1) is 0 Å². The zero-order chi connectivity index (χ0) is 10.6. The summed E-state index contributed by atoms with van der Waals surface area (Å²) in [7, 11) is 0. The Morgan fingerprint density at radius 1 is 1.79 bits per heavy atom. The highest BCUT2D eigenvalue weighted by Crippen LogP contribution is 2.06. The Morgan fingerprint density at radius 2 is 2.50 bits per heavy atom. The van der Waals surface area contributed by atoms with Gasteiger partial charge in [0.1, 0.15) is 19.3 Å². The molecule has 1 fully saturated rings. The SMILES string of the molecule is CCC(N)C(=O)OCC1COC(=O)O1. The molecule has 0 saturated carbocycles. The molecule has 1 rings (SSSR count). The number of hydrogen-bond acceptors (Lipinski definition) is 6. The first-order chi connectivity index (χ1) is 6.63. The molecule has 0 amide bonds. The fourth-order valence-corrected chi connectivity index (χ4v) is 0.896. The van der Waals surface area contributed by atoms with Crippen molar-refractivity contribution in [3.8, 4) is 0 Å². The normalized spacial score (nSPS) is 22.4. The van der Waals surface area contributed by atoms with Crippen LogP contribution in [0.15, 0.2) is 0 Å². The lowest BCUT2D eigenvalue weighted by atomic mass is 10.2. The topological polar surface area (TPSA) is 87.9 Å². The Morgan fingerprint density at radius 3 is 3.00 bits per heavy atom. The second-order valence-electron chi connectivity index (χ2n) is 2.95. The van der Waals surface area contributed by atoms with Gasteiger partial charge in [-0.05, 0) is 6.42 Å². The van der Waals surface area contributed by atoms with E-state index >= 15 is 0 Å². The minimum Gasteiger partial charge on any atom is -0.460 e. The molecule has 0 bridgehead atoms. The molecule has 0 aromatic heterocycles. The minimum absolute atomic E-state index is 0.00171. The fourth-order valence-electron chi connectivity index (χ4n) is 0.896. The van der Waals surface area contributed by atoms with Crippen LogP contribution in [-0.4, -0.2) is 37.5 Å². The summed E-state index contributed by atoms with van der Waals surface area (Å²) in [4.78, 5) is 21.6. The highest BCUT2D eigenvalue weighted by molar-refractivity contribution is 5.75. The van der Waals surface area contributed by atoms with Gasteiger partial charge in [-0.25, -0.2) is 4.79 Å². The van der Waals surface area contributed by atoms with Crippen LogP contribution in [-0.2, 0) is 19.0 Å². The van der Waals surface area contributed by atoms with Gasteiger partial charge in [0, 0.05) is 0 Å². The van der Waals surface area contributed by atoms with Crippen molar-refractivity contribution in [1.29, 1.82) is 0 Å². The number of cyclic esters (lactones) is 2. The van der Waals surface area contributed by atoms with Crippen LogP contribution in [0.25, 0.3) is 0 Å². The smallest absolute Gasteiger partial charge is 0.460 e. The van der Waals surface area contributed by atoms with Crippen molar-refractivity contribution in [2.75, 3.05) is 13.2 Å². The summed E-state index contributed by atoms with van der Waals surface area (Å²) in [5, 5.41) is 0. The van der Waals surface area contributed by atoms with Crippen LogP contribution < -0.4 is 5.73 Å². The molecule has 0 aromatic rings. The molecule has 2 N–H and O–H groups in total. The summed E-state index contributed by atoms with van der Waals surface area (Å²) in [6.45, 7) is 1.90. The molecule has 0 spiro atoms. The predicted molar refractivity (Wildman–Crippen MR) is 45.4 cm³/mol. The molecule has 1 saturated heterocycles. The summed E-state index contributed by atoms with van der Waals surface area (Å²) in [5.74, 6) is -0.490. The lowest BCUT2D eigenvalue weighted by Crippen LogP contribution is -2.33. The molecule has 6 heteroatoms. The molecule has 1 heterocycles. The quantitative estimate of drug-likeness (QED) is 0.637. The zero-order valence-corrected chi connectivity index (χ0v) is 7.89. The van der Waals surface area contributed by atoms with Crippen LogP contribution >= 0.6 is 0 Å². The number of ether oxygens (including phenoxy) is 3. The Kier molecular flexibility index (Phi) is 3.70. The van der Waals surface area contributed by atoms with Gasteiger partial charge in [0.05, 0.1) is 0 Å². The molecule has 80 valence electrons. The summed E-state index contributed by atoms with van der Waals surface area (Å²) in [6.07, 6.45) is -0.721. The van der Waals surface area contributed by atoms with Gasteiger partial charge in [-0.3, -0.25) is 4.79 Å². The number of carbonyl (C=O) groups excluding carboxylic acids is 2. The predicted octanol–water partition coefficient (Wildman–Crippen LogP) is -0.198. The molecule has 0 aromatic carbocycles. The van der Waals surface area contributed by atoms with Gasteiger partial charge < -0.3 is 19.9 Å². The van der Waals surface area contributed by atoms with E-state index < -0.39 is 24.3 Å². The largest absolute Gasteiger partial charge is 0.508 e. The second kappa shape index (κ2) is 4.80. The van der Waals surface area contributed by atoms with E-state index in [2.05, 4.69) is 9.47 Å². The highest BCUT2D eigenvalue weighted by Gasteiger charge is 2.26. The Hall–Kier alpha value is -1.30. The van der Waals surface area contributed by atoms with E-state index in [1.807, 2.05) is 0 Å². The molecular formula is C8H13NO5. The minimum atomic E-state index is -0.731. The molecular weight excluding hydrogens is 190 g/mol. The van der Waals surface area contributed by atoms with Crippen molar-refractivity contribution < 1.29 is 23.8 Å². The van der Waals surface area contributed by atoms with E-state index in [-0.39, 0.29) is 13.2 Å². The summed E-state index contributed by atoms with van der Waals surface area (Å²) in [5.41, 5.74) is 5.41. The molecule has 2 unspecified atom stereocenters. The van der Waals surface area contributed by atoms with Crippen molar-refractivity contribution in [3.05, 3.63) is 0 Å².